The summed E-state index contributed by atoms with van der Waals surface area (Å²) in [6.07, 6.45) is 125. The van der Waals surface area contributed by atoms with Gasteiger partial charge in [0.25, 0.3) is 0 Å². The molecule has 0 spiro atoms. The maximum absolute atomic E-state index is 13.5. The van der Waals surface area contributed by atoms with Crippen LogP contribution >= 0.6 is 92.8 Å². The molecule has 11 aliphatic carbocycles. The SMILES string of the molecule is ClC1C=CC=CC=C1.ClC1C=CC=CC=C1.ClC1C=CC=CC=C1.ClC1C=CC=CC=C1.ClC1C=CC=CC=C1.ClC1C=CC=CC=C1.ClC1C=CC=CC=C1.ClC1C=CC=CC=C1.[O]=[Sb]([O]C1C=CC=CC=C1)([O]C1C=CC=CC=C1)[O]C1C=CC=CC=C1. The van der Waals surface area contributed by atoms with Crippen molar-refractivity contribution in [2.24, 2.45) is 0 Å². The topological polar surface area (TPSA) is 44.8 Å². The van der Waals surface area contributed by atoms with E-state index in [1.54, 1.807) is 0 Å². The Hall–Kier alpha value is -5.76. The van der Waals surface area contributed by atoms with Gasteiger partial charge in [0.15, 0.2) is 0 Å². The van der Waals surface area contributed by atoms with E-state index in [4.69, 9.17) is 102 Å². The van der Waals surface area contributed by atoms with Gasteiger partial charge in [-0.25, -0.2) is 0 Å². The van der Waals surface area contributed by atoms with Gasteiger partial charge in [0, 0.05) is 0 Å². The molecule has 0 heterocycles. The molecule has 90 heavy (non-hydrogen) atoms. The van der Waals surface area contributed by atoms with Crippen molar-refractivity contribution >= 4 is 113 Å². The Morgan fingerprint density at radius 1 is 0.156 bits per heavy atom. The van der Waals surface area contributed by atoms with Crippen LogP contribution in [-0.2, 0) is 12.1 Å². The van der Waals surface area contributed by atoms with Crippen LogP contribution in [0.1, 0.15) is 0 Å². The summed E-state index contributed by atoms with van der Waals surface area (Å²) in [6, 6.07) is 0. The average molecular weight is 1470 g/mol. The van der Waals surface area contributed by atoms with Gasteiger partial charge in [-0.2, -0.15) is 0 Å². The summed E-state index contributed by atoms with van der Waals surface area (Å²) >= 11 is 40.7. The average Bonchev–Trinajstić information content (AvgIpc) is 1.81. The van der Waals surface area contributed by atoms with Crippen molar-refractivity contribution in [3.63, 3.8) is 0 Å². The summed E-state index contributed by atoms with van der Waals surface area (Å²) in [5.41, 5.74) is 0. The molecule has 0 bridgehead atoms. The predicted molar refractivity (Wildman–Crippen MR) is 400 cm³/mol. The quantitative estimate of drug-likeness (QED) is 0.196. The molecule has 0 N–H and O–H groups in total. The molecule has 0 saturated carbocycles. The Kier molecular flexibility index (Phi) is 47.0. The molecule has 11 aliphatic rings. The van der Waals surface area contributed by atoms with E-state index in [1.165, 1.54) is 0 Å². The summed E-state index contributed by atoms with van der Waals surface area (Å²) in [5, 5.41) is 0.593. The Morgan fingerprint density at radius 3 is 0.344 bits per heavy atom. The predicted octanol–water partition coefficient (Wildman–Crippen LogP) is 22.3. The first-order valence-electron chi connectivity index (χ1n) is 28.8. The standard InChI is InChI=1S/8C7H7Cl.3C7H7O.O.Sb/c11*8-7-5-3-1-2-4-6-7;;/h11*1-7H;;/q;;;;;;;;3*-1;;+3. The monoisotopic (exact) mass is 1470 g/mol. The van der Waals surface area contributed by atoms with Gasteiger partial charge in [-0.3, -0.25) is 0 Å². The summed E-state index contributed by atoms with van der Waals surface area (Å²) < 4.78 is 31.1. The molecule has 0 aliphatic heterocycles. The fourth-order valence-electron chi connectivity index (χ4n) is 6.62. The van der Waals surface area contributed by atoms with Gasteiger partial charge in [0.1, 0.15) is 0 Å². The molecule has 470 valence electrons. The number of hydrogen-bond donors (Lipinski definition) is 0. The molecule has 11 rings (SSSR count). The van der Waals surface area contributed by atoms with Crippen LogP contribution in [0.4, 0.5) is 0 Å². The van der Waals surface area contributed by atoms with E-state index in [1.807, 2.05) is 401 Å². The zero-order chi connectivity index (χ0) is 64.6. The van der Waals surface area contributed by atoms with E-state index < -0.39 is 38.4 Å². The Morgan fingerprint density at radius 2 is 0.244 bits per heavy atom. The second-order valence-corrected chi connectivity index (χ2v) is 26.8. The molecule has 0 fully saturated rings. The van der Waals surface area contributed by atoms with Crippen molar-refractivity contribution in [2.45, 2.75) is 61.3 Å². The van der Waals surface area contributed by atoms with Gasteiger partial charge in [-0.1, -0.05) is 292 Å². The molecule has 0 unspecified atom stereocenters. The van der Waals surface area contributed by atoms with Crippen molar-refractivity contribution in [1.29, 1.82) is 0 Å². The summed E-state index contributed by atoms with van der Waals surface area (Å²) in [5.74, 6) is 0. The first-order chi connectivity index (χ1) is 43.9. The van der Waals surface area contributed by atoms with E-state index in [2.05, 4.69) is 0 Å². The van der Waals surface area contributed by atoms with Crippen molar-refractivity contribution in [2.75, 3.05) is 0 Å². The number of rotatable bonds is 6. The van der Waals surface area contributed by atoms with Crippen molar-refractivity contribution in [3.8, 4) is 0 Å². The molecule has 0 aromatic rings. The van der Waals surface area contributed by atoms with Crippen molar-refractivity contribution in [3.05, 3.63) is 401 Å². The second-order valence-electron chi connectivity index (χ2n) is 18.4. The molecular weight excluding hydrogens is 1390 g/mol. The van der Waals surface area contributed by atoms with Crippen LogP contribution in [0.15, 0.2) is 401 Å². The normalized spacial score (nSPS) is 19.6. The second kappa shape index (κ2) is 53.9. The zero-order valence-electron chi connectivity index (χ0n) is 49.6. The molecule has 13 heteroatoms. The maximum atomic E-state index is 13.5. The van der Waals surface area contributed by atoms with Crippen LogP contribution in [-0.4, -0.2) is 81.4 Å². The number of halogens is 8. The summed E-state index contributed by atoms with van der Waals surface area (Å²) in [4.78, 5) is 0. The molecule has 0 atom stereocenters. The first kappa shape index (κ1) is 78.5. The molecular formula is C77H77Cl8O4Sb. The van der Waals surface area contributed by atoms with Crippen molar-refractivity contribution < 1.29 is 12.1 Å². The number of alkyl halides is 8. The molecule has 0 saturated heterocycles. The third-order valence-electron chi connectivity index (χ3n) is 10.9. The third-order valence-corrected chi connectivity index (χ3v) is 17.6. The van der Waals surface area contributed by atoms with Crippen LogP contribution in [0.3, 0.4) is 0 Å². The minimum atomic E-state index is -4.98. The van der Waals surface area contributed by atoms with Gasteiger partial charge in [-0.05, 0) is 0 Å². The van der Waals surface area contributed by atoms with E-state index in [0.717, 1.165) is 0 Å². The van der Waals surface area contributed by atoms with Crippen LogP contribution in [0.25, 0.3) is 0 Å². The van der Waals surface area contributed by atoms with Gasteiger partial charge in [0.2, 0.25) is 0 Å². The first-order valence-corrected chi connectivity index (χ1v) is 36.5. The summed E-state index contributed by atoms with van der Waals surface area (Å²) in [7, 11) is 0. The molecule has 4 nitrogen and oxygen atoms in total. The fourth-order valence-corrected chi connectivity index (χ4v) is 12.1. The van der Waals surface area contributed by atoms with Crippen LogP contribution < -0.4 is 0 Å². The van der Waals surface area contributed by atoms with Gasteiger partial charge >= 0.3 is 160 Å². The van der Waals surface area contributed by atoms with E-state index in [-0.39, 0.29) is 43.0 Å². The Labute approximate surface area is 581 Å². The van der Waals surface area contributed by atoms with E-state index in [9.17, 15) is 3.02 Å². The van der Waals surface area contributed by atoms with E-state index in [0.29, 0.717) is 0 Å². The minimum absolute atomic E-state index is 0.0741. The summed E-state index contributed by atoms with van der Waals surface area (Å²) in [6.45, 7) is 0. The number of hydrogen-bond acceptors (Lipinski definition) is 4. The number of allylic oxidation sites excluding steroid dienone is 60. The van der Waals surface area contributed by atoms with Gasteiger partial charge in [-0.15, -0.1) is 92.8 Å². The molecule has 0 aromatic carbocycles. The Balaban J connectivity index is 0.000000280. The van der Waals surface area contributed by atoms with Crippen molar-refractivity contribution in [1.82, 2.24) is 0 Å². The van der Waals surface area contributed by atoms with Crippen LogP contribution in [0, 0.1) is 0 Å². The fraction of sp³-hybridized carbons (Fsp3) is 0.143. The van der Waals surface area contributed by atoms with Gasteiger partial charge < -0.3 is 0 Å². The zero-order valence-corrected chi connectivity index (χ0v) is 58.2. The third kappa shape index (κ3) is 46.3. The van der Waals surface area contributed by atoms with Gasteiger partial charge in [0.05, 0.1) is 43.0 Å². The molecule has 0 amide bonds. The van der Waals surface area contributed by atoms with Crippen LogP contribution in [0.5, 0.6) is 0 Å². The molecule has 0 aromatic heterocycles. The van der Waals surface area contributed by atoms with E-state index >= 15 is 0 Å². The molecule has 0 radical (unpaired) electrons. The van der Waals surface area contributed by atoms with Crippen LogP contribution in [0.2, 0.25) is 0 Å². The Bertz CT molecular complexity index is 2480.